The van der Waals surface area contributed by atoms with E-state index < -0.39 is 5.25 Å². The van der Waals surface area contributed by atoms with Crippen molar-refractivity contribution in [1.82, 2.24) is 15.1 Å². The highest BCUT2D eigenvalue weighted by atomic mass is 32.2. The van der Waals surface area contributed by atoms with Crippen molar-refractivity contribution in [3.05, 3.63) is 29.8 Å². The highest BCUT2D eigenvalue weighted by Gasteiger charge is 2.33. The maximum atomic E-state index is 12.5. The fourth-order valence-electron chi connectivity index (χ4n) is 4.48. The topological polar surface area (TPSA) is 94.1 Å². The Bertz CT molecular complexity index is 911. The molecule has 3 amide bonds. The van der Waals surface area contributed by atoms with E-state index in [0.717, 1.165) is 50.6 Å². The summed E-state index contributed by atoms with van der Waals surface area (Å²) >= 11 is 1.39. The maximum Gasteiger partial charge on any atom is 0.262 e. The lowest BCUT2D eigenvalue weighted by Gasteiger charge is -2.20. The quantitative estimate of drug-likeness (QED) is 0.635. The molecule has 3 heterocycles. The van der Waals surface area contributed by atoms with E-state index in [2.05, 4.69) is 39.3 Å². The summed E-state index contributed by atoms with van der Waals surface area (Å²) in [6.45, 7) is 9.04. The number of hydrogen-bond donors (Lipinski definition) is 2. The van der Waals surface area contributed by atoms with Crippen LogP contribution in [0.1, 0.15) is 49.9 Å². The fraction of sp³-hybridized carbons (Fsp3) is 0.583. The van der Waals surface area contributed by atoms with Crippen LogP contribution in [0, 0.1) is 5.92 Å². The third kappa shape index (κ3) is 6.14. The van der Waals surface area contributed by atoms with Crippen LogP contribution in [0.25, 0.3) is 0 Å². The molecule has 2 saturated heterocycles. The summed E-state index contributed by atoms with van der Waals surface area (Å²) in [4.78, 5) is 45.8. The second-order valence-corrected chi connectivity index (χ2v) is 10.5. The first-order chi connectivity index (χ1) is 15.9. The average Bonchev–Trinajstić information content (AvgIpc) is 3.54. The van der Waals surface area contributed by atoms with Gasteiger partial charge in [-0.2, -0.15) is 4.99 Å². The first-order valence-electron chi connectivity index (χ1n) is 11.9. The van der Waals surface area contributed by atoms with E-state index in [0.29, 0.717) is 29.8 Å². The Labute approximate surface area is 199 Å². The Kier molecular flexibility index (Phi) is 7.70. The lowest BCUT2D eigenvalue weighted by molar-refractivity contribution is -0.121. The van der Waals surface area contributed by atoms with Crippen molar-refractivity contribution >= 4 is 40.3 Å². The number of nitrogens with one attached hydrogen (secondary N) is 2. The van der Waals surface area contributed by atoms with Crippen molar-refractivity contribution in [1.29, 1.82) is 0 Å². The van der Waals surface area contributed by atoms with E-state index in [1.165, 1.54) is 11.8 Å². The number of amides is 3. The van der Waals surface area contributed by atoms with Gasteiger partial charge >= 0.3 is 0 Å². The van der Waals surface area contributed by atoms with Crippen LogP contribution in [0.4, 0.5) is 5.69 Å². The Balaban J connectivity index is 1.21. The summed E-state index contributed by atoms with van der Waals surface area (Å²) in [5, 5.41) is 6.14. The molecule has 0 bridgehead atoms. The molecule has 0 aromatic heterocycles. The second kappa shape index (κ2) is 10.7. The minimum Gasteiger partial charge on any atom is -0.352 e. The summed E-state index contributed by atoms with van der Waals surface area (Å²) in [6, 6.07) is 7.41. The third-order valence-corrected chi connectivity index (χ3v) is 7.72. The van der Waals surface area contributed by atoms with E-state index in [-0.39, 0.29) is 24.1 Å². The Morgan fingerprint density at radius 2 is 1.88 bits per heavy atom. The largest absolute Gasteiger partial charge is 0.352 e. The van der Waals surface area contributed by atoms with Gasteiger partial charge in [-0.25, -0.2) is 0 Å². The highest BCUT2D eigenvalue weighted by Crippen LogP contribution is 2.29. The molecule has 0 saturated carbocycles. The standard InChI is InChI=1S/C24H33N5O3S/c1-16(2)29-12-9-17(15-29)14-25-22(31)18-5-7-19(8-6-18)26-21(30)13-20-23(32)27-24(33-20)28-10-3-4-11-28/h5-8,16-17,20H,3-4,9-15H2,1-2H3,(H,25,31)(H,26,30). The number of thioether (sulfide) groups is 1. The van der Waals surface area contributed by atoms with Crippen LogP contribution in [0.5, 0.6) is 0 Å². The van der Waals surface area contributed by atoms with Gasteiger partial charge in [0.1, 0.15) is 5.25 Å². The maximum absolute atomic E-state index is 12.5. The van der Waals surface area contributed by atoms with Crippen LogP contribution in [-0.4, -0.2) is 76.7 Å². The van der Waals surface area contributed by atoms with E-state index in [4.69, 9.17) is 0 Å². The van der Waals surface area contributed by atoms with Crippen LogP contribution in [0.15, 0.2) is 29.3 Å². The van der Waals surface area contributed by atoms with Gasteiger partial charge < -0.3 is 20.4 Å². The minimum atomic E-state index is -0.465. The minimum absolute atomic E-state index is 0.0847. The number of rotatable bonds is 7. The predicted octanol–water partition coefficient (Wildman–Crippen LogP) is 2.57. The molecule has 2 unspecified atom stereocenters. The molecular weight excluding hydrogens is 438 g/mol. The van der Waals surface area contributed by atoms with Crippen LogP contribution in [-0.2, 0) is 9.59 Å². The van der Waals surface area contributed by atoms with Gasteiger partial charge in [-0.1, -0.05) is 11.8 Å². The van der Waals surface area contributed by atoms with Crippen molar-refractivity contribution in [3.63, 3.8) is 0 Å². The molecular formula is C24H33N5O3S. The number of hydrogen-bond acceptors (Lipinski definition) is 6. The molecule has 33 heavy (non-hydrogen) atoms. The zero-order valence-electron chi connectivity index (χ0n) is 19.4. The molecule has 0 aliphatic carbocycles. The van der Waals surface area contributed by atoms with Gasteiger partial charge in [0, 0.05) is 49.9 Å². The SMILES string of the molecule is CC(C)N1CCC(CNC(=O)c2ccc(NC(=O)CC3SC(N4CCCC4)=NC3=O)cc2)C1. The van der Waals surface area contributed by atoms with Gasteiger partial charge in [-0.3, -0.25) is 14.4 Å². The van der Waals surface area contributed by atoms with Gasteiger partial charge in [-0.15, -0.1) is 0 Å². The monoisotopic (exact) mass is 471 g/mol. The Morgan fingerprint density at radius 3 is 2.55 bits per heavy atom. The predicted molar refractivity (Wildman–Crippen MR) is 131 cm³/mol. The average molecular weight is 472 g/mol. The Hall–Kier alpha value is -2.39. The first-order valence-corrected chi connectivity index (χ1v) is 12.7. The molecule has 3 aliphatic rings. The molecule has 2 fully saturated rings. The smallest absolute Gasteiger partial charge is 0.262 e. The van der Waals surface area contributed by atoms with Crippen LogP contribution < -0.4 is 10.6 Å². The zero-order valence-corrected chi connectivity index (χ0v) is 20.2. The van der Waals surface area contributed by atoms with E-state index in [1.807, 2.05) is 0 Å². The first kappa shape index (κ1) is 23.8. The molecule has 8 nitrogen and oxygen atoms in total. The summed E-state index contributed by atoms with van der Waals surface area (Å²) in [5.74, 6) is -0.0776. The van der Waals surface area contributed by atoms with Crippen LogP contribution in [0.3, 0.4) is 0 Å². The Morgan fingerprint density at radius 1 is 1.15 bits per heavy atom. The number of carbonyl (C=O) groups excluding carboxylic acids is 3. The number of amidine groups is 1. The zero-order chi connectivity index (χ0) is 23.4. The molecule has 4 rings (SSSR count). The van der Waals surface area contributed by atoms with Gasteiger partial charge in [0.2, 0.25) is 5.91 Å². The number of anilines is 1. The molecule has 2 atom stereocenters. The molecule has 1 aromatic carbocycles. The molecule has 178 valence electrons. The van der Waals surface area contributed by atoms with Crippen molar-refractivity contribution in [2.24, 2.45) is 10.9 Å². The van der Waals surface area contributed by atoms with Crippen LogP contribution in [0.2, 0.25) is 0 Å². The van der Waals surface area contributed by atoms with Crippen molar-refractivity contribution in [3.8, 4) is 0 Å². The molecule has 3 aliphatic heterocycles. The van der Waals surface area contributed by atoms with E-state index in [9.17, 15) is 14.4 Å². The number of benzene rings is 1. The van der Waals surface area contributed by atoms with Crippen molar-refractivity contribution < 1.29 is 14.4 Å². The summed E-state index contributed by atoms with van der Waals surface area (Å²) < 4.78 is 0. The number of nitrogens with zero attached hydrogens (tertiary/aromatic N) is 3. The van der Waals surface area contributed by atoms with Crippen molar-refractivity contribution in [2.45, 2.75) is 50.8 Å². The van der Waals surface area contributed by atoms with Gasteiger partial charge in [0.05, 0.1) is 0 Å². The van der Waals surface area contributed by atoms with Crippen LogP contribution >= 0.6 is 11.8 Å². The highest BCUT2D eigenvalue weighted by molar-refractivity contribution is 8.15. The normalized spacial score (nSPS) is 23.3. The fourth-order valence-corrected chi connectivity index (χ4v) is 5.59. The van der Waals surface area contributed by atoms with E-state index >= 15 is 0 Å². The van der Waals surface area contributed by atoms with Gasteiger partial charge in [0.15, 0.2) is 5.17 Å². The lowest BCUT2D eigenvalue weighted by atomic mass is 10.1. The van der Waals surface area contributed by atoms with Gasteiger partial charge in [0.25, 0.3) is 11.8 Å². The molecule has 0 radical (unpaired) electrons. The summed E-state index contributed by atoms with van der Waals surface area (Å²) in [5.41, 5.74) is 1.17. The summed E-state index contributed by atoms with van der Waals surface area (Å²) in [7, 11) is 0. The molecule has 0 spiro atoms. The molecule has 2 N–H and O–H groups in total. The number of carbonyl (C=O) groups is 3. The van der Waals surface area contributed by atoms with E-state index in [1.54, 1.807) is 24.3 Å². The summed E-state index contributed by atoms with van der Waals surface area (Å²) in [6.07, 6.45) is 3.42. The number of aliphatic imine (C=N–C) groups is 1. The molecule has 1 aromatic rings. The lowest BCUT2D eigenvalue weighted by Crippen LogP contribution is -2.33. The van der Waals surface area contributed by atoms with Gasteiger partial charge in [-0.05, 0) is 69.8 Å². The third-order valence-electron chi connectivity index (χ3n) is 6.51. The van der Waals surface area contributed by atoms with Crippen molar-refractivity contribution in [2.75, 3.05) is 38.0 Å². The number of likely N-dealkylation sites (tertiary alicyclic amines) is 2. The second-order valence-electron chi connectivity index (χ2n) is 9.32. The molecule has 9 heteroatoms.